The molecular weight excluding hydrogens is 274 g/mol. The van der Waals surface area contributed by atoms with E-state index in [0.717, 1.165) is 37.3 Å². The lowest BCUT2D eigenvalue weighted by molar-refractivity contribution is 0.132. The van der Waals surface area contributed by atoms with Crippen LogP contribution in [0, 0.1) is 6.92 Å². The zero-order valence-electron chi connectivity index (χ0n) is 13.3. The Morgan fingerprint density at radius 3 is 2.86 bits per heavy atom. The average molecular weight is 299 g/mol. The van der Waals surface area contributed by atoms with Crippen LogP contribution in [0.25, 0.3) is 11.5 Å². The van der Waals surface area contributed by atoms with Gasteiger partial charge in [0.1, 0.15) is 6.26 Å². The molecule has 1 aliphatic heterocycles. The third-order valence-corrected chi connectivity index (χ3v) is 4.46. The van der Waals surface area contributed by atoms with E-state index in [1.54, 1.807) is 6.26 Å². The number of hydrogen-bond donors (Lipinski definition) is 1. The highest BCUT2D eigenvalue weighted by atomic mass is 16.3. The van der Waals surface area contributed by atoms with Crippen molar-refractivity contribution in [3.8, 4) is 11.5 Å². The van der Waals surface area contributed by atoms with E-state index in [1.807, 2.05) is 0 Å². The maximum atomic E-state index is 5.75. The molecule has 0 saturated carbocycles. The van der Waals surface area contributed by atoms with Gasteiger partial charge in [0, 0.05) is 18.2 Å². The van der Waals surface area contributed by atoms with Crippen molar-refractivity contribution >= 4 is 0 Å². The molecule has 0 amide bonds. The van der Waals surface area contributed by atoms with Gasteiger partial charge in [0.15, 0.2) is 0 Å². The molecule has 0 bridgehead atoms. The average Bonchev–Trinajstić information content (AvgIpc) is 2.99. The van der Waals surface area contributed by atoms with Crippen molar-refractivity contribution in [2.75, 3.05) is 13.1 Å². The van der Waals surface area contributed by atoms with Crippen molar-refractivity contribution in [1.29, 1.82) is 0 Å². The monoisotopic (exact) mass is 299 g/mol. The predicted molar refractivity (Wildman–Crippen MR) is 88.4 cm³/mol. The van der Waals surface area contributed by atoms with Gasteiger partial charge >= 0.3 is 0 Å². The van der Waals surface area contributed by atoms with Gasteiger partial charge in [0.25, 0.3) is 0 Å². The van der Waals surface area contributed by atoms with E-state index in [1.165, 1.54) is 24.8 Å². The summed E-state index contributed by atoms with van der Waals surface area (Å²) >= 11 is 0. The molecule has 1 aromatic carbocycles. The third kappa shape index (κ3) is 3.57. The molecule has 1 saturated heterocycles. The highest BCUT2D eigenvalue weighted by molar-refractivity contribution is 5.53. The van der Waals surface area contributed by atoms with Gasteiger partial charge in [-0.25, -0.2) is 4.98 Å². The Bertz CT molecular complexity index is 589. The Kier molecular flexibility index (Phi) is 4.90. The molecule has 0 aliphatic carbocycles. The number of nitrogens with zero attached hydrogens (tertiary/aromatic N) is 2. The van der Waals surface area contributed by atoms with E-state index in [4.69, 9.17) is 10.2 Å². The quantitative estimate of drug-likeness (QED) is 0.920. The van der Waals surface area contributed by atoms with Gasteiger partial charge in [-0.1, -0.05) is 24.1 Å². The summed E-state index contributed by atoms with van der Waals surface area (Å²) in [4.78, 5) is 7.17. The first kappa shape index (κ1) is 15.3. The first-order valence-corrected chi connectivity index (χ1v) is 8.22. The largest absolute Gasteiger partial charge is 0.444 e. The molecule has 0 spiro atoms. The summed E-state index contributed by atoms with van der Waals surface area (Å²) in [6, 6.07) is 8.88. The number of hydrogen-bond acceptors (Lipinski definition) is 4. The van der Waals surface area contributed by atoms with Crippen molar-refractivity contribution in [1.82, 2.24) is 9.88 Å². The topological polar surface area (TPSA) is 55.3 Å². The Morgan fingerprint density at radius 2 is 2.09 bits per heavy atom. The highest BCUT2D eigenvalue weighted by Gasteiger charge is 2.22. The lowest BCUT2D eigenvalue weighted by atomic mass is 9.99. The third-order valence-electron chi connectivity index (χ3n) is 4.46. The van der Waals surface area contributed by atoms with E-state index < -0.39 is 0 Å². The second-order valence-electron chi connectivity index (χ2n) is 6.21. The number of oxazole rings is 1. The molecule has 0 radical (unpaired) electrons. The lowest BCUT2D eigenvalue weighted by Crippen LogP contribution is -2.40. The molecule has 2 heterocycles. The SMILES string of the molecule is Cc1ccc(-c2nc(CN3CCCCC3CCN)co2)cc1. The molecule has 2 aromatic rings. The lowest BCUT2D eigenvalue weighted by Gasteiger charge is -2.35. The summed E-state index contributed by atoms with van der Waals surface area (Å²) in [5.41, 5.74) is 9.04. The highest BCUT2D eigenvalue weighted by Crippen LogP contribution is 2.23. The Morgan fingerprint density at radius 1 is 1.27 bits per heavy atom. The van der Waals surface area contributed by atoms with Crippen LogP contribution in [0.1, 0.15) is 36.9 Å². The number of likely N-dealkylation sites (tertiary alicyclic amines) is 1. The number of benzene rings is 1. The fourth-order valence-corrected chi connectivity index (χ4v) is 3.20. The number of aromatic nitrogens is 1. The summed E-state index contributed by atoms with van der Waals surface area (Å²) in [6.07, 6.45) is 6.70. The maximum Gasteiger partial charge on any atom is 0.226 e. The van der Waals surface area contributed by atoms with Gasteiger partial charge < -0.3 is 10.2 Å². The molecule has 118 valence electrons. The predicted octanol–water partition coefficient (Wildman–Crippen LogP) is 3.35. The van der Waals surface area contributed by atoms with Gasteiger partial charge in [-0.15, -0.1) is 0 Å². The van der Waals surface area contributed by atoms with E-state index in [-0.39, 0.29) is 0 Å². The fraction of sp³-hybridized carbons (Fsp3) is 0.500. The molecule has 1 aromatic heterocycles. The number of rotatable bonds is 5. The van der Waals surface area contributed by atoms with Gasteiger partial charge in [-0.3, -0.25) is 4.90 Å². The van der Waals surface area contributed by atoms with E-state index in [0.29, 0.717) is 11.9 Å². The van der Waals surface area contributed by atoms with Crippen molar-refractivity contribution < 1.29 is 4.42 Å². The summed E-state index contributed by atoms with van der Waals surface area (Å²) in [5.74, 6) is 0.711. The first-order valence-electron chi connectivity index (χ1n) is 8.22. The number of nitrogens with two attached hydrogens (primary N) is 1. The molecular formula is C18H25N3O. The van der Waals surface area contributed by atoms with Gasteiger partial charge in [-0.2, -0.15) is 0 Å². The number of aryl methyl sites for hydroxylation is 1. The summed E-state index contributed by atoms with van der Waals surface area (Å²) in [6.45, 7) is 4.84. The van der Waals surface area contributed by atoms with Gasteiger partial charge in [0.05, 0.1) is 5.69 Å². The molecule has 22 heavy (non-hydrogen) atoms. The molecule has 1 atom stereocenters. The van der Waals surface area contributed by atoms with Gasteiger partial charge in [0.2, 0.25) is 5.89 Å². The van der Waals surface area contributed by atoms with Crippen molar-refractivity contribution in [2.45, 2.75) is 45.2 Å². The molecule has 1 fully saturated rings. The van der Waals surface area contributed by atoms with E-state index >= 15 is 0 Å². The first-order chi connectivity index (χ1) is 10.8. The normalized spacial score (nSPS) is 19.5. The van der Waals surface area contributed by atoms with Crippen LogP contribution in [-0.2, 0) is 6.54 Å². The van der Waals surface area contributed by atoms with Gasteiger partial charge in [-0.05, 0) is 51.4 Å². The van der Waals surface area contributed by atoms with Crippen molar-refractivity contribution in [3.05, 3.63) is 41.8 Å². The summed E-state index contributed by atoms with van der Waals surface area (Å²) in [7, 11) is 0. The molecule has 4 heteroatoms. The second-order valence-corrected chi connectivity index (χ2v) is 6.21. The van der Waals surface area contributed by atoms with Crippen LogP contribution in [0.3, 0.4) is 0 Å². The summed E-state index contributed by atoms with van der Waals surface area (Å²) < 4.78 is 5.66. The Balaban J connectivity index is 1.69. The Labute approximate surface area is 132 Å². The Hall–Kier alpha value is -1.65. The second kappa shape index (κ2) is 7.07. The zero-order valence-corrected chi connectivity index (χ0v) is 13.3. The molecule has 4 nitrogen and oxygen atoms in total. The van der Waals surface area contributed by atoms with Crippen LogP contribution in [0.2, 0.25) is 0 Å². The standard InChI is InChI=1S/C18H25N3O/c1-14-5-7-15(8-6-14)18-20-16(13-22-18)12-21-11-3-2-4-17(21)9-10-19/h5-8,13,17H,2-4,9-12,19H2,1H3. The number of piperidine rings is 1. The van der Waals surface area contributed by atoms with Crippen molar-refractivity contribution in [3.63, 3.8) is 0 Å². The fourth-order valence-electron chi connectivity index (χ4n) is 3.20. The van der Waals surface area contributed by atoms with E-state index in [9.17, 15) is 0 Å². The summed E-state index contributed by atoms with van der Waals surface area (Å²) in [5, 5.41) is 0. The van der Waals surface area contributed by atoms with Crippen LogP contribution >= 0.6 is 0 Å². The molecule has 1 aliphatic rings. The molecule has 2 N–H and O–H groups in total. The zero-order chi connectivity index (χ0) is 15.4. The minimum absolute atomic E-state index is 0.596. The van der Waals surface area contributed by atoms with Crippen molar-refractivity contribution in [2.24, 2.45) is 5.73 Å². The van der Waals surface area contributed by atoms with Crippen LogP contribution in [0.4, 0.5) is 0 Å². The minimum atomic E-state index is 0.596. The van der Waals surface area contributed by atoms with E-state index in [2.05, 4.69) is 41.1 Å². The van der Waals surface area contributed by atoms with Crippen LogP contribution in [0.5, 0.6) is 0 Å². The maximum absolute atomic E-state index is 5.75. The molecule has 1 unspecified atom stereocenters. The molecule has 3 rings (SSSR count). The smallest absolute Gasteiger partial charge is 0.226 e. The van der Waals surface area contributed by atoms with Crippen LogP contribution in [-0.4, -0.2) is 29.0 Å². The van der Waals surface area contributed by atoms with Crippen LogP contribution in [0.15, 0.2) is 34.9 Å². The minimum Gasteiger partial charge on any atom is -0.444 e. The van der Waals surface area contributed by atoms with Crippen LogP contribution < -0.4 is 5.73 Å².